The lowest BCUT2D eigenvalue weighted by molar-refractivity contribution is -0.149. The number of sulfonamides is 1. The summed E-state index contributed by atoms with van der Waals surface area (Å²) in [6.07, 6.45) is 1.55. The highest BCUT2D eigenvalue weighted by molar-refractivity contribution is 7.89. The summed E-state index contributed by atoms with van der Waals surface area (Å²) in [5.41, 5.74) is 3.67. The molecule has 0 saturated heterocycles. The standard InChI is InChI=1S/C27H37NO5S/c1-17(2)28(21(6)26(29)32-16-22-12-10-9-11-13-22)34(30,31)25-19(4)18(3)24-23(20(25)5)14-15-27(7,8)33-24/h9-13,17,21H,14-16H2,1-8H3. The highest BCUT2D eigenvalue weighted by Gasteiger charge is 2.40. The zero-order valence-corrected chi connectivity index (χ0v) is 22.4. The van der Waals surface area contributed by atoms with E-state index in [4.69, 9.17) is 9.47 Å². The number of ether oxygens (including phenoxy) is 2. The van der Waals surface area contributed by atoms with E-state index in [2.05, 4.69) is 0 Å². The van der Waals surface area contributed by atoms with Crippen LogP contribution in [-0.2, 0) is 32.6 Å². The van der Waals surface area contributed by atoms with Crippen LogP contribution in [0.1, 0.15) is 68.9 Å². The van der Waals surface area contributed by atoms with Crippen molar-refractivity contribution in [1.29, 1.82) is 0 Å². The van der Waals surface area contributed by atoms with E-state index in [1.54, 1.807) is 20.8 Å². The van der Waals surface area contributed by atoms with Crippen molar-refractivity contribution < 1.29 is 22.7 Å². The molecule has 0 amide bonds. The van der Waals surface area contributed by atoms with Crippen molar-refractivity contribution in [3.63, 3.8) is 0 Å². The van der Waals surface area contributed by atoms with Crippen LogP contribution in [0.4, 0.5) is 0 Å². The topological polar surface area (TPSA) is 72.9 Å². The van der Waals surface area contributed by atoms with Gasteiger partial charge < -0.3 is 9.47 Å². The molecular weight excluding hydrogens is 450 g/mol. The Morgan fingerprint density at radius 1 is 1.06 bits per heavy atom. The Hall–Kier alpha value is -2.38. The first-order valence-corrected chi connectivity index (χ1v) is 13.3. The average Bonchev–Trinajstić information content (AvgIpc) is 2.75. The summed E-state index contributed by atoms with van der Waals surface area (Å²) in [5.74, 6) is 0.216. The summed E-state index contributed by atoms with van der Waals surface area (Å²) in [4.78, 5) is 13.2. The molecule has 1 aliphatic rings. The summed E-state index contributed by atoms with van der Waals surface area (Å²) in [5, 5.41) is 0. The molecule has 0 aromatic heterocycles. The quantitative estimate of drug-likeness (QED) is 0.499. The summed E-state index contributed by atoms with van der Waals surface area (Å²) >= 11 is 0. The van der Waals surface area contributed by atoms with Crippen LogP contribution in [-0.4, -0.2) is 36.4 Å². The highest BCUT2D eigenvalue weighted by Crippen LogP contribution is 2.43. The highest BCUT2D eigenvalue weighted by atomic mass is 32.2. The second-order valence-electron chi connectivity index (χ2n) is 10.1. The molecule has 0 bridgehead atoms. The molecule has 2 aromatic carbocycles. The van der Waals surface area contributed by atoms with Gasteiger partial charge in [0.1, 0.15) is 24.0 Å². The van der Waals surface area contributed by atoms with Crippen LogP contribution in [0.5, 0.6) is 5.75 Å². The Morgan fingerprint density at radius 2 is 1.68 bits per heavy atom. The fraction of sp³-hybridized carbons (Fsp3) is 0.519. The molecule has 0 aliphatic carbocycles. The zero-order chi connectivity index (χ0) is 25.4. The van der Waals surface area contributed by atoms with Crippen molar-refractivity contribution in [2.45, 2.75) is 97.4 Å². The maximum atomic E-state index is 14.1. The molecule has 0 saturated carbocycles. The number of carbonyl (C=O) groups is 1. The minimum atomic E-state index is -4.00. The van der Waals surface area contributed by atoms with Crippen LogP contribution in [0.2, 0.25) is 0 Å². The molecule has 0 radical (unpaired) electrons. The molecule has 7 heteroatoms. The Kier molecular flexibility index (Phi) is 7.48. The van der Waals surface area contributed by atoms with Crippen LogP contribution in [0, 0.1) is 20.8 Å². The van der Waals surface area contributed by atoms with Crippen molar-refractivity contribution in [1.82, 2.24) is 4.31 Å². The van der Waals surface area contributed by atoms with E-state index >= 15 is 0 Å². The molecule has 1 heterocycles. The van der Waals surface area contributed by atoms with E-state index in [-0.39, 0.29) is 17.1 Å². The average molecular weight is 488 g/mol. The van der Waals surface area contributed by atoms with Crippen LogP contribution in [0.25, 0.3) is 0 Å². The summed E-state index contributed by atoms with van der Waals surface area (Å²) in [7, 11) is -4.00. The van der Waals surface area contributed by atoms with Gasteiger partial charge in [-0.3, -0.25) is 4.79 Å². The largest absolute Gasteiger partial charge is 0.487 e. The van der Waals surface area contributed by atoms with E-state index in [1.165, 1.54) is 4.31 Å². The van der Waals surface area contributed by atoms with Crippen LogP contribution in [0.15, 0.2) is 35.2 Å². The minimum Gasteiger partial charge on any atom is -0.487 e. The van der Waals surface area contributed by atoms with Crippen LogP contribution >= 0.6 is 0 Å². The zero-order valence-electron chi connectivity index (χ0n) is 21.6. The molecule has 1 atom stereocenters. The third-order valence-electron chi connectivity index (χ3n) is 6.66. The minimum absolute atomic E-state index is 0.0964. The fourth-order valence-electron chi connectivity index (χ4n) is 4.73. The van der Waals surface area contributed by atoms with Gasteiger partial charge >= 0.3 is 5.97 Å². The SMILES string of the molecule is Cc1c(C)c(S(=O)(=O)N(C(C)C)C(C)C(=O)OCc2ccccc2)c(C)c2c1OC(C)(C)CC2. The monoisotopic (exact) mass is 487 g/mol. The Labute approximate surface area is 204 Å². The van der Waals surface area contributed by atoms with Gasteiger partial charge in [-0.1, -0.05) is 30.3 Å². The van der Waals surface area contributed by atoms with Gasteiger partial charge in [0.05, 0.1) is 4.90 Å². The number of esters is 1. The molecule has 1 unspecified atom stereocenters. The summed E-state index contributed by atoms with van der Waals surface area (Å²) in [6, 6.07) is 7.94. The molecule has 186 valence electrons. The molecule has 3 rings (SSSR count). The van der Waals surface area contributed by atoms with E-state index in [1.807, 2.05) is 65.0 Å². The number of hydrogen-bond acceptors (Lipinski definition) is 5. The number of benzene rings is 2. The maximum absolute atomic E-state index is 14.1. The first-order chi connectivity index (χ1) is 15.8. The predicted molar refractivity (Wildman–Crippen MR) is 134 cm³/mol. The van der Waals surface area contributed by atoms with E-state index in [9.17, 15) is 13.2 Å². The van der Waals surface area contributed by atoms with E-state index in [0.717, 1.165) is 35.3 Å². The van der Waals surface area contributed by atoms with Gasteiger partial charge in [-0.25, -0.2) is 8.42 Å². The molecule has 34 heavy (non-hydrogen) atoms. The van der Waals surface area contributed by atoms with Gasteiger partial charge in [0.2, 0.25) is 10.0 Å². The number of fused-ring (bicyclic) bond motifs is 1. The van der Waals surface area contributed by atoms with Gasteiger partial charge in [0.25, 0.3) is 0 Å². The number of hydrogen-bond donors (Lipinski definition) is 0. The fourth-order valence-corrected chi connectivity index (χ4v) is 7.04. The Bertz CT molecular complexity index is 1170. The van der Waals surface area contributed by atoms with Gasteiger partial charge in [0, 0.05) is 6.04 Å². The lowest BCUT2D eigenvalue weighted by Gasteiger charge is -2.37. The number of rotatable bonds is 7. The smallest absolute Gasteiger partial charge is 0.324 e. The van der Waals surface area contributed by atoms with E-state index in [0.29, 0.717) is 11.1 Å². The normalized spacial score (nSPS) is 16.2. The third-order valence-corrected chi connectivity index (χ3v) is 9.08. The predicted octanol–water partition coefficient (Wildman–Crippen LogP) is 5.25. The lowest BCUT2D eigenvalue weighted by atomic mass is 9.88. The third kappa shape index (κ3) is 5.01. The van der Waals surface area contributed by atoms with Gasteiger partial charge in [-0.05, 0) is 96.0 Å². The molecule has 0 fully saturated rings. The molecule has 6 nitrogen and oxygen atoms in total. The van der Waals surface area contributed by atoms with E-state index < -0.39 is 28.1 Å². The Morgan fingerprint density at radius 3 is 2.26 bits per heavy atom. The van der Waals surface area contributed by atoms with Crippen molar-refractivity contribution in [3.8, 4) is 5.75 Å². The summed E-state index contributed by atoms with van der Waals surface area (Å²) < 4.78 is 41.2. The first-order valence-electron chi connectivity index (χ1n) is 11.8. The van der Waals surface area contributed by atoms with Crippen molar-refractivity contribution in [3.05, 3.63) is 58.1 Å². The molecule has 2 aromatic rings. The van der Waals surface area contributed by atoms with Gasteiger partial charge in [-0.2, -0.15) is 4.31 Å². The second kappa shape index (κ2) is 9.70. The molecular formula is C27H37NO5S. The van der Waals surface area contributed by atoms with Crippen molar-refractivity contribution in [2.75, 3.05) is 0 Å². The van der Waals surface area contributed by atoms with Crippen molar-refractivity contribution >= 4 is 16.0 Å². The number of nitrogens with zero attached hydrogens (tertiary/aromatic N) is 1. The molecule has 1 aliphatic heterocycles. The van der Waals surface area contributed by atoms with Crippen LogP contribution < -0.4 is 4.74 Å². The van der Waals surface area contributed by atoms with Gasteiger partial charge in [-0.15, -0.1) is 0 Å². The molecule has 0 N–H and O–H groups in total. The maximum Gasteiger partial charge on any atom is 0.324 e. The second-order valence-corrected chi connectivity index (χ2v) is 11.9. The number of carbonyl (C=O) groups excluding carboxylic acids is 1. The Balaban J connectivity index is 1.99. The first kappa shape index (κ1) is 26.2. The van der Waals surface area contributed by atoms with Gasteiger partial charge in [0.15, 0.2) is 0 Å². The van der Waals surface area contributed by atoms with Crippen molar-refractivity contribution in [2.24, 2.45) is 0 Å². The van der Waals surface area contributed by atoms with Crippen LogP contribution in [0.3, 0.4) is 0 Å². The lowest BCUT2D eigenvalue weighted by Crippen LogP contribution is -2.48. The molecule has 0 spiro atoms. The summed E-state index contributed by atoms with van der Waals surface area (Å²) in [6.45, 7) is 14.9.